The van der Waals surface area contributed by atoms with Gasteiger partial charge in [0.2, 0.25) is 5.91 Å². The summed E-state index contributed by atoms with van der Waals surface area (Å²) in [5.41, 5.74) is 6.94. The lowest BCUT2D eigenvalue weighted by atomic mass is 9.99. The molecule has 2 atom stereocenters. The Morgan fingerprint density at radius 3 is 2.94 bits per heavy atom. The number of rotatable bonds is 6. The van der Waals surface area contributed by atoms with Gasteiger partial charge in [0.1, 0.15) is 0 Å². The Morgan fingerprint density at radius 2 is 2.35 bits per heavy atom. The van der Waals surface area contributed by atoms with Crippen LogP contribution in [0.5, 0.6) is 0 Å². The van der Waals surface area contributed by atoms with Crippen LogP contribution in [-0.2, 0) is 11.2 Å². The molecule has 0 aromatic carbocycles. The Labute approximate surface area is 103 Å². The van der Waals surface area contributed by atoms with E-state index in [9.17, 15) is 4.79 Å². The van der Waals surface area contributed by atoms with Crippen molar-refractivity contribution < 1.29 is 4.79 Å². The van der Waals surface area contributed by atoms with E-state index in [1.54, 1.807) is 12.4 Å². The zero-order valence-corrected chi connectivity index (χ0v) is 10.5. The Bertz CT molecular complexity index is 340. The van der Waals surface area contributed by atoms with Crippen LogP contribution in [0.4, 0.5) is 0 Å². The van der Waals surface area contributed by atoms with Gasteiger partial charge in [-0.1, -0.05) is 26.3 Å². The standard InChI is InChI=1S/C13H21N3O/c1-3-10(2)12(14)13(17)16-8-6-11-5-4-7-15-9-11/h4-5,7,9-10,12H,3,6,8,14H2,1-2H3,(H,16,17)/t10-,12-/m0/s1. The number of nitrogens with zero attached hydrogens (tertiary/aromatic N) is 1. The minimum Gasteiger partial charge on any atom is -0.354 e. The van der Waals surface area contributed by atoms with Crippen molar-refractivity contribution in [2.24, 2.45) is 11.7 Å². The van der Waals surface area contributed by atoms with E-state index in [0.717, 1.165) is 18.4 Å². The molecular weight excluding hydrogens is 214 g/mol. The molecule has 1 amide bonds. The van der Waals surface area contributed by atoms with Crippen molar-refractivity contribution in [3.63, 3.8) is 0 Å². The highest BCUT2D eigenvalue weighted by Gasteiger charge is 2.18. The summed E-state index contributed by atoms with van der Waals surface area (Å²) in [6, 6.07) is 3.48. The molecular formula is C13H21N3O. The van der Waals surface area contributed by atoms with Crippen LogP contribution in [-0.4, -0.2) is 23.5 Å². The van der Waals surface area contributed by atoms with Gasteiger partial charge >= 0.3 is 0 Å². The maximum absolute atomic E-state index is 11.7. The van der Waals surface area contributed by atoms with Gasteiger partial charge in [-0.2, -0.15) is 0 Å². The van der Waals surface area contributed by atoms with Crippen LogP contribution in [0, 0.1) is 5.92 Å². The van der Waals surface area contributed by atoms with Gasteiger partial charge in [0.15, 0.2) is 0 Å². The van der Waals surface area contributed by atoms with Crippen LogP contribution < -0.4 is 11.1 Å². The summed E-state index contributed by atoms with van der Waals surface area (Å²) in [4.78, 5) is 15.7. The van der Waals surface area contributed by atoms with Gasteiger partial charge in [-0.25, -0.2) is 0 Å². The number of aromatic nitrogens is 1. The highest BCUT2D eigenvalue weighted by molar-refractivity contribution is 5.81. The van der Waals surface area contributed by atoms with Crippen LogP contribution in [0.15, 0.2) is 24.5 Å². The van der Waals surface area contributed by atoms with Gasteiger partial charge in [-0.05, 0) is 24.0 Å². The third kappa shape index (κ3) is 4.53. The molecule has 0 spiro atoms. The molecule has 1 aromatic rings. The fourth-order valence-corrected chi connectivity index (χ4v) is 1.51. The summed E-state index contributed by atoms with van der Waals surface area (Å²) in [7, 11) is 0. The van der Waals surface area contributed by atoms with Gasteiger partial charge in [0, 0.05) is 18.9 Å². The molecule has 0 unspecified atom stereocenters. The summed E-state index contributed by atoms with van der Waals surface area (Å²) in [5, 5.41) is 2.85. The zero-order chi connectivity index (χ0) is 12.7. The molecule has 4 nitrogen and oxygen atoms in total. The average Bonchev–Trinajstić information content (AvgIpc) is 2.38. The van der Waals surface area contributed by atoms with Crippen LogP contribution in [0.3, 0.4) is 0 Å². The minimum atomic E-state index is -0.408. The van der Waals surface area contributed by atoms with Crippen molar-refractivity contribution in [2.75, 3.05) is 6.54 Å². The predicted octanol–water partition coefficient (Wildman–Crippen LogP) is 1.11. The molecule has 0 bridgehead atoms. The smallest absolute Gasteiger partial charge is 0.237 e. The molecule has 1 aromatic heterocycles. The first kappa shape index (κ1) is 13.6. The van der Waals surface area contributed by atoms with Gasteiger partial charge in [0.25, 0.3) is 0 Å². The molecule has 0 radical (unpaired) electrons. The molecule has 0 aliphatic carbocycles. The van der Waals surface area contributed by atoms with Crippen molar-refractivity contribution in [1.82, 2.24) is 10.3 Å². The van der Waals surface area contributed by atoms with E-state index in [1.165, 1.54) is 0 Å². The molecule has 94 valence electrons. The third-order valence-electron chi connectivity index (χ3n) is 3.00. The molecule has 0 saturated heterocycles. The van der Waals surface area contributed by atoms with Crippen molar-refractivity contribution in [2.45, 2.75) is 32.7 Å². The molecule has 0 fully saturated rings. The number of pyridine rings is 1. The van der Waals surface area contributed by atoms with E-state index < -0.39 is 6.04 Å². The third-order valence-corrected chi connectivity index (χ3v) is 3.00. The summed E-state index contributed by atoms with van der Waals surface area (Å²) in [5.74, 6) is 0.150. The first-order valence-corrected chi connectivity index (χ1v) is 6.07. The van der Waals surface area contributed by atoms with E-state index >= 15 is 0 Å². The second-order valence-corrected chi connectivity index (χ2v) is 4.31. The quantitative estimate of drug-likeness (QED) is 0.776. The Balaban J connectivity index is 2.29. The molecule has 4 heteroatoms. The second kappa shape index (κ2) is 7.01. The van der Waals surface area contributed by atoms with Crippen LogP contribution in [0.2, 0.25) is 0 Å². The molecule has 0 aliphatic heterocycles. The first-order valence-electron chi connectivity index (χ1n) is 6.07. The monoisotopic (exact) mass is 235 g/mol. The van der Waals surface area contributed by atoms with Crippen LogP contribution in [0.1, 0.15) is 25.8 Å². The number of hydrogen-bond donors (Lipinski definition) is 2. The number of carbonyl (C=O) groups excluding carboxylic acids is 1. The van der Waals surface area contributed by atoms with Crippen molar-refractivity contribution in [3.8, 4) is 0 Å². The molecule has 17 heavy (non-hydrogen) atoms. The number of nitrogens with one attached hydrogen (secondary N) is 1. The van der Waals surface area contributed by atoms with E-state index in [4.69, 9.17) is 5.73 Å². The molecule has 1 heterocycles. The van der Waals surface area contributed by atoms with E-state index in [-0.39, 0.29) is 11.8 Å². The Kier molecular flexibility index (Phi) is 5.63. The fourth-order valence-electron chi connectivity index (χ4n) is 1.51. The first-order chi connectivity index (χ1) is 8.15. The lowest BCUT2D eigenvalue weighted by molar-refractivity contribution is -0.123. The van der Waals surface area contributed by atoms with Crippen molar-refractivity contribution >= 4 is 5.91 Å². The fraction of sp³-hybridized carbons (Fsp3) is 0.538. The van der Waals surface area contributed by atoms with E-state index in [0.29, 0.717) is 6.54 Å². The Morgan fingerprint density at radius 1 is 1.59 bits per heavy atom. The van der Waals surface area contributed by atoms with Crippen molar-refractivity contribution in [1.29, 1.82) is 0 Å². The van der Waals surface area contributed by atoms with Crippen LogP contribution >= 0.6 is 0 Å². The predicted molar refractivity (Wildman–Crippen MR) is 68.4 cm³/mol. The Hall–Kier alpha value is -1.42. The summed E-state index contributed by atoms with van der Waals surface area (Å²) in [6.07, 6.45) is 5.24. The highest BCUT2D eigenvalue weighted by Crippen LogP contribution is 2.05. The molecule has 0 aliphatic rings. The average molecular weight is 235 g/mol. The van der Waals surface area contributed by atoms with E-state index in [1.807, 2.05) is 26.0 Å². The summed E-state index contributed by atoms with van der Waals surface area (Å²) < 4.78 is 0. The van der Waals surface area contributed by atoms with Gasteiger partial charge in [0.05, 0.1) is 6.04 Å². The number of amides is 1. The zero-order valence-electron chi connectivity index (χ0n) is 10.5. The minimum absolute atomic E-state index is 0.0664. The van der Waals surface area contributed by atoms with Gasteiger partial charge < -0.3 is 11.1 Å². The second-order valence-electron chi connectivity index (χ2n) is 4.31. The highest BCUT2D eigenvalue weighted by atomic mass is 16.2. The number of carbonyl (C=O) groups is 1. The molecule has 0 saturated carbocycles. The number of nitrogens with two attached hydrogens (primary N) is 1. The van der Waals surface area contributed by atoms with Crippen molar-refractivity contribution in [3.05, 3.63) is 30.1 Å². The summed E-state index contributed by atoms with van der Waals surface area (Å²) in [6.45, 7) is 4.63. The molecule has 1 rings (SSSR count). The maximum atomic E-state index is 11.7. The lowest BCUT2D eigenvalue weighted by Crippen LogP contribution is -2.45. The number of hydrogen-bond acceptors (Lipinski definition) is 3. The van der Waals surface area contributed by atoms with Crippen LogP contribution in [0.25, 0.3) is 0 Å². The normalized spacial score (nSPS) is 14.1. The topological polar surface area (TPSA) is 68.0 Å². The maximum Gasteiger partial charge on any atom is 0.237 e. The van der Waals surface area contributed by atoms with E-state index in [2.05, 4.69) is 10.3 Å². The van der Waals surface area contributed by atoms with Gasteiger partial charge in [-0.15, -0.1) is 0 Å². The SMILES string of the molecule is CC[C@H](C)[C@H](N)C(=O)NCCc1cccnc1. The molecule has 3 N–H and O–H groups in total. The largest absolute Gasteiger partial charge is 0.354 e. The summed E-state index contributed by atoms with van der Waals surface area (Å²) >= 11 is 0. The van der Waals surface area contributed by atoms with Gasteiger partial charge in [-0.3, -0.25) is 9.78 Å². The lowest BCUT2D eigenvalue weighted by Gasteiger charge is -2.17.